The summed E-state index contributed by atoms with van der Waals surface area (Å²) in [7, 11) is 0. The topological polar surface area (TPSA) is 75.7 Å². The Kier molecular flexibility index (Phi) is 4.44. The van der Waals surface area contributed by atoms with Crippen LogP contribution in [-0.2, 0) is 9.59 Å². The molecule has 2 aliphatic heterocycles. The number of benzene rings is 1. The van der Waals surface area contributed by atoms with Crippen molar-refractivity contribution in [1.29, 1.82) is 0 Å². The Bertz CT molecular complexity index is 801. The molecule has 1 saturated carbocycles. The first-order valence-electron chi connectivity index (χ1n) is 9.80. The molecule has 3 aliphatic rings. The number of likely N-dealkylation sites (tertiary alicyclic amines) is 1. The van der Waals surface area contributed by atoms with Crippen molar-refractivity contribution in [2.24, 2.45) is 0 Å². The first-order valence-corrected chi connectivity index (χ1v) is 9.80. The van der Waals surface area contributed by atoms with Crippen molar-refractivity contribution >= 4 is 17.6 Å². The molecule has 1 aliphatic carbocycles. The van der Waals surface area contributed by atoms with Crippen LogP contribution < -0.4 is 10.1 Å². The highest BCUT2D eigenvalue weighted by molar-refractivity contribution is 6.00. The number of rotatable bonds is 3. The van der Waals surface area contributed by atoms with Crippen molar-refractivity contribution in [2.45, 2.75) is 70.1 Å². The molecule has 0 radical (unpaired) electrons. The number of Topliss-reactive ketones (excluding diaryl/α,β-unsaturated/α-hetero) is 1. The highest BCUT2D eigenvalue weighted by Crippen LogP contribution is 2.40. The van der Waals surface area contributed by atoms with Crippen molar-refractivity contribution in [3.05, 3.63) is 29.3 Å². The number of nitrogens with one attached hydrogen (secondary N) is 1. The monoisotopic (exact) mass is 370 g/mol. The Morgan fingerprint density at radius 2 is 2.07 bits per heavy atom. The van der Waals surface area contributed by atoms with E-state index in [0.29, 0.717) is 30.7 Å². The van der Waals surface area contributed by atoms with E-state index in [1.165, 1.54) is 0 Å². The Balaban J connectivity index is 1.50. The summed E-state index contributed by atoms with van der Waals surface area (Å²) in [6.45, 7) is 4.15. The Hall–Kier alpha value is -2.37. The van der Waals surface area contributed by atoms with Gasteiger partial charge in [-0.15, -0.1) is 0 Å². The van der Waals surface area contributed by atoms with Crippen LogP contribution in [0.5, 0.6) is 5.75 Å². The molecular weight excluding hydrogens is 344 g/mol. The maximum Gasteiger partial charge on any atom is 0.242 e. The zero-order chi connectivity index (χ0) is 19.2. The van der Waals surface area contributed by atoms with Crippen LogP contribution in [0.1, 0.15) is 61.4 Å². The number of hydrogen-bond acceptors (Lipinski definition) is 4. The Morgan fingerprint density at radius 1 is 1.30 bits per heavy atom. The minimum absolute atomic E-state index is 0.0453. The molecule has 1 saturated heterocycles. The number of amides is 2. The molecule has 2 fully saturated rings. The van der Waals surface area contributed by atoms with E-state index < -0.39 is 11.6 Å². The van der Waals surface area contributed by atoms with Gasteiger partial charge < -0.3 is 15.0 Å². The Morgan fingerprint density at radius 3 is 2.81 bits per heavy atom. The minimum Gasteiger partial charge on any atom is -0.486 e. The van der Waals surface area contributed by atoms with Crippen molar-refractivity contribution in [3.8, 4) is 5.75 Å². The number of ketones is 1. The van der Waals surface area contributed by atoms with E-state index in [0.717, 1.165) is 18.4 Å². The SMILES string of the molecule is Cc1ccc2c(c1)C(=O)C[C@@]1(CCC(=O)N([C@@H](C)C(=O)NC3CC3)CC1)O2. The summed E-state index contributed by atoms with van der Waals surface area (Å²) in [6, 6.07) is 5.42. The molecule has 1 aromatic carbocycles. The highest BCUT2D eigenvalue weighted by atomic mass is 16.5. The summed E-state index contributed by atoms with van der Waals surface area (Å²) in [6.07, 6.45) is 3.66. The third-order valence-corrected chi connectivity index (χ3v) is 5.94. The van der Waals surface area contributed by atoms with E-state index in [1.807, 2.05) is 25.1 Å². The van der Waals surface area contributed by atoms with E-state index in [1.54, 1.807) is 11.8 Å². The summed E-state index contributed by atoms with van der Waals surface area (Å²) in [5.41, 5.74) is 1.00. The zero-order valence-corrected chi connectivity index (χ0v) is 15.9. The highest BCUT2D eigenvalue weighted by Gasteiger charge is 2.44. The predicted octanol–water partition coefficient (Wildman–Crippen LogP) is 2.38. The molecule has 1 aromatic rings. The van der Waals surface area contributed by atoms with Crippen LogP contribution >= 0.6 is 0 Å². The number of hydrogen-bond donors (Lipinski definition) is 1. The molecule has 0 aromatic heterocycles. The molecule has 27 heavy (non-hydrogen) atoms. The number of carbonyl (C=O) groups is 3. The van der Waals surface area contributed by atoms with Gasteiger partial charge in [-0.3, -0.25) is 14.4 Å². The number of carbonyl (C=O) groups excluding carboxylic acids is 3. The largest absolute Gasteiger partial charge is 0.486 e. The van der Waals surface area contributed by atoms with Crippen molar-refractivity contribution in [2.75, 3.05) is 6.54 Å². The lowest BCUT2D eigenvalue weighted by atomic mass is 9.84. The lowest BCUT2D eigenvalue weighted by Gasteiger charge is -2.37. The van der Waals surface area contributed by atoms with Gasteiger partial charge in [0.15, 0.2) is 5.78 Å². The van der Waals surface area contributed by atoms with E-state index in [-0.39, 0.29) is 36.5 Å². The number of nitrogens with zero attached hydrogens (tertiary/aromatic N) is 1. The Labute approximate surface area is 159 Å². The standard InChI is InChI=1S/C21H26N2O4/c1-13-3-6-18-16(11-13)17(24)12-21(27-18)8-7-19(25)23(10-9-21)14(2)20(26)22-15-4-5-15/h3,6,11,14-15H,4-5,7-10,12H2,1-2H3,(H,22,26)/t14-,21-/m0/s1. The number of aryl methyl sites for hydroxylation is 1. The van der Waals surface area contributed by atoms with Gasteiger partial charge in [0.1, 0.15) is 17.4 Å². The van der Waals surface area contributed by atoms with E-state index in [9.17, 15) is 14.4 Å². The minimum atomic E-state index is -0.656. The first-order chi connectivity index (χ1) is 12.9. The lowest BCUT2D eigenvalue weighted by Crippen LogP contribution is -2.49. The molecule has 2 atom stereocenters. The van der Waals surface area contributed by atoms with Crippen molar-refractivity contribution < 1.29 is 19.1 Å². The summed E-state index contributed by atoms with van der Waals surface area (Å²) < 4.78 is 6.28. The van der Waals surface area contributed by atoms with E-state index >= 15 is 0 Å². The van der Waals surface area contributed by atoms with Gasteiger partial charge in [-0.1, -0.05) is 11.6 Å². The van der Waals surface area contributed by atoms with Gasteiger partial charge in [-0.2, -0.15) is 0 Å². The number of fused-ring (bicyclic) bond motifs is 1. The molecule has 144 valence electrons. The van der Waals surface area contributed by atoms with Crippen molar-refractivity contribution in [3.63, 3.8) is 0 Å². The normalized spacial score (nSPS) is 26.2. The van der Waals surface area contributed by atoms with Gasteiger partial charge in [0.2, 0.25) is 11.8 Å². The fourth-order valence-electron chi connectivity index (χ4n) is 4.04. The third kappa shape index (κ3) is 3.57. The molecule has 2 heterocycles. The fourth-order valence-corrected chi connectivity index (χ4v) is 4.04. The van der Waals surface area contributed by atoms with Gasteiger partial charge in [-0.05, 0) is 45.2 Å². The van der Waals surface area contributed by atoms with Gasteiger partial charge in [-0.25, -0.2) is 0 Å². The zero-order valence-electron chi connectivity index (χ0n) is 15.9. The summed E-state index contributed by atoms with van der Waals surface area (Å²) in [4.78, 5) is 39.4. The van der Waals surface area contributed by atoms with Crippen LogP contribution in [0.15, 0.2) is 18.2 Å². The summed E-state index contributed by atoms with van der Waals surface area (Å²) in [5, 5.41) is 2.97. The fraction of sp³-hybridized carbons (Fsp3) is 0.571. The molecule has 4 rings (SSSR count). The maximum atomic E-state index is 12.7. The first kappa shape index (κ1) is 18.0. The molecule has 6 nitrogen and oxygen atoms in total. The molecule has 0 bridgehead atoms. The average Bonchev–Trinajstić information content (AvgIpc) is 3.45. The number of ether oxygens (including phenoxy) is 1. The second-order valence-electron chi connectivity index (χ2n) is 8.18. The van der Waals surface area contributed by atoms with Gasteiger partial charge in [0.25, 0.3) is 0 Å². The third-order valence-electron chi connectivity index (χ3n) is 5.94. The van der Waals surface area contributed by atoms with Crippen LogP contribution in [0.3, 0.4) is 0 Å². The van der Waals surface area contributed by atoms with Gasteiger partial charge in [0, 0.05) is 25.4 Å². The lowest BCUT2D eigenvalue weighted by molar-refractivity contribution is -0.139. The second kappa shape index (κ2) is 6.66. The van der Waals surface area contributed by atoms with Crippen molar-refractivity contribution in [1.82, 2.24) is 10.2 Å². The maximum absolute atomic E-state index is 12.7. The smallest absolute Gasteiger partial charge is 0.242 e. The van der Waals surface area contributed by atoms with Crippen LogP contribution in [0.2, 0.25) is 0 Å². The molecule has 0 unspecified atom stereocenters. The van der Waals surface area contributed by atoms with Gasteiger partial charge in [0.05, 0.1) is 12.0 Å². The molecule has 1 N–H and O–H groups in total. The average molecular weight is 370 g/mol. The van der Waals surface area contributed by atoms with Crippen LogP contribution in [0, 0.1) is 6.92 Å². The van der Waals surface area contributed by atoms with Crippen LogP contribution in [-0.4, -0.2) is 46.7 Å². The van der Waals surface area contributed by atoms with Crippen LogP contribution in [0.25, 0.3) is 0 Å². The molecular formula is C21H26N2O4. The van der Waals surface area contributed by atoms with Crippen LogP contribution in [0.4, 0.5) is 0 Å². The van der Waals surface area contributed by atoms with E-state index in [2.05, 4.69) is 5.32 Å². The molecule has 1 spiro atoms. The molecule has 6 heteroatoms. The molecule has 2 amide bonds. The quantitative estimate of drug-likeness (QED) is 0.886. The van der Waals surface area contributed by atoms with E-state index in [4.69, 9.17) is 4.74 Å². The predicted molar refractivity (Wildman–Crippen MR) is 99.7 cm³/mol. The second-order valence-corrected chi connectivity index (χ2v) is 8.18. The summed E-state index contributed by atoms with van der Waals surface area (Å²) >= 11 is 0. The summed E-state index contributed by atoms with van der Waals surface area (Å²) in [5.74, 6) is 0.539. The van der Waals surface area contributed by atoms with Gasteiger partial charge >= 0.3 is 0 Å².